The van der Waals surface area contributed by atoms with Crippen LogP contribution in [0, 0.1) is 0 Å². The Labute approximate surface area is 79.7 Å². The van der Waals surface area contributed by atoms with Crippen molar-refractivity contribution < 1.29 is 13.6 Å². The van der Waals surface area contributed by atoms with Crippen molar-refractivity contribution in [3.8, 4) is 0 Å². The maximum absolute atomic E-state index is 10.9. The molecule has 5 nitrogen and oxygen atoms in total. The van der Waals surface area contributed by atoms with E-state index in [0.717, 1.165) is 25.7 Å². The van der Waals surface area contributed by atoms with E-state index in [2.05, 4.69) is 5.32 Å². The van der Waals surface area contributed by atoms with Gasteiger partial charge in [0.2, 0.25) is 0 Å². The van der Waals surface area contributed by atoms with E-state index in [1.165, 1.54) is 6.42 Å². The SMILES string of the molecule is O=C(NC1CCCCC1)NS(=O)[O-]. The molecule has 1 atom stereocenters. The van der Waals surface area contributed by atoms with Gasteiger partial charge in [-0.2, -0.15) is 0 Å². The maximum Gasteiger partial charge on any atom is 0.325 e. The zero-order chi connectivity index (χ0) is 9.68. The second kappa shape index (κ2) is 5.18. The van der Waals surface area contributed by atoms with E-state index in [-0.39, 0.29) is 6.04 Å². The molecule has 1 aliphatic rings. The Bertz CT molecular complexity index is 204. The van der Waals surface area contributed by atoms with Crippen LogP contribution in [0.1, 0.15) is 32.1 Å². The van der Waals surface area contributed by atoms with Crippen molar-refractivity contribution in [2.75, 3.05) is 0 Å². The van der Waals surface area contributed by atoms with Crippen molar-refractivity contribution in [3.63, 3.8) is 0 Å². The number of hydrogen-bond donors (Lipinski definition) is 2. The lowest BCUT2D eigenvalue weighted by atomic mass is 9.96. The molecule has 6 heteroatoms. The van der Waals surface area contributed by atoms with Crippen LogP contribution in [0.15, 0.2) is 0 Å². The summed E-state index contributed by atoms with van der Waals surface area (Å²) in [6.07, 6.45) is 5.29. The van der Waals surface area contributed by atoms with Gasteiger partial charge in [-0.25, -0.2) is 4.79 Å². The van der Waals surface area contributed by atoms with Crippen LogP contribution in [0.5, 0.6) is 0 Å². The molecule has 2 N–H and O–H groups in total. The number of urea groups is 1. The normalized spacial score (nSPS) is 20.7. The first-order valence-corrected chi connectivity index (χ1v) is 5.42. The van der Waals surface area contributed by atoms with E-state index in [1.807, 2.05) is 0 Å². The molecule has 1 rings (SSSR count). The van der Waals surface area contributed by atoms with Crippen molar-refractivity contribution in [1.29, 1.82) is 0 Å². The van der Waals surface area contributed by atoms with E-state index in [0.29, 0.717) is 0 Å². The van der Waals surface area contributed by atoms with Crippen molar-refractivity contribution in [2.45, 2.75) is 38.1 Å². The zero-order valence-electron chi connectivity index (χ0n) is 7.25. The molecule has 1 unspecified atom stereocenters. The Morgan fingerprint density at radius 3 is 2.46 bits per heavy atom. The molecule has 0 aromatic rings. The number of hydrogen-bond acceptors (Lipinski definition) is 3. The van der Waals surface area contributed by atoms with Gasteiger partial charge in [-0.3, -0.25) is 8.93 Å². The minimum absolute atomic E-state index is 0.136. The lowest BCUT2D eigenvalue weighted by Gasteiger charge is -2.22. The predicted octanol–water partition coefficient (Wildman–Crippen LogP) is 0.412. The molecule has 0 saturated heterocycles. The summed E-state index contributed by atoms with van der Waals surface area (Å²) < 4.78 is 21.9. The molecular formula is C7H13N2O3S-. The van der Waals surface area contributed by atoms with Gasteiger partial charge in [0.25, 0.3) is 0 Å². The molecule has 1 saturated carbocycles. The van der Waals surface area contributed by atoms with Crippen LogP contribution >= 0.6 is 0 Å². The predicted molar refractivity (Wildman–Crippen MR) is 47.5 cm³/mol. The Morgan fingerprint density at radius 1 is 1.31 bits per heavy atom. The second-order valence-corrected chi connectivity index (χ2v) is 3.82. The first-order valence-electron chi connectivity index (χ1n) is 4.35. The molecule has 76 valence electrons. The lowest BCUT2D eigenvalue weighted by molar-refractivity contribution is 0.237. The Morgan fingerprint density at radius 2 is 1.92 bits per heavy atom. The summed E-state index contributed by atoms with van der Waals surface area (Å²) in [6.45, 7) is 0. The Balaban J connectivity index is 2.22. The zero-order valence-corrected chi connectivity index (χ0v) is 8.06. The first-order chi connectivity index (χ1) is 6.18. The molecule has 0 aromatic carbocycles. The summed E-state index contributed by atoms with van der Waals surface area (Å²) in [6, 6.07) is -0.488. The largest absolute Gasteiger partial charge is 0.755 e. The lowest BCUT2D eigenvalue weighted by Crippen LogP contribution is -2.43. The fourth-order valence-corrected chi connectivity index (χ4v) is 1.75. The highest BCUT2D eigenvalue weighted by Gasteiger charge is 2.14. The summed E-state index contributed by atoms with van der Waals surface area (Å²) in [4.78, 5) is 10.9. The summed E-state index contributed by atoms with van der Waals surface area (Å²) in [5.41, 5.74) is 0. The first kappa shape index (κ1) is 10.5. The highest BCUT2D eigenvalue weighted by atomic mass is 32.2. The molecular weight excluding hydrogens is 192 g/mol. The van der Waals surface area contributed by atoms with Crippen LogP contribution in [-0.2, 0) is 11.3 Å². The molecule has 0 heterocycles. The fraction of sp³-hybridized carbons (Fsp3) is 0.857. The molecule has 0 spiro atoms. The van der Waals surface area contributed by atoms with Gasteiger partial charge in [-0.15, -0.1) is 0 Å². The molecule has 1 fully saturated rings. The molecule has 0 aliphatic heterocycles. The van der Waals surface area contributed by atoms with Gasteiger partial charge >= 0.3 is 6.03 Å². The number of amides is 2. The van der Waals surface area contributed by atoms with Crippen LogP contribution < -0.4 is 10.0 Å². The second-order valence-electron chi connectivity index (χ2n) is 3.15. The van der Waals surface area contributed by atoms with E-state index < -0.39 is 17.3 Å². The van der Waals surface area contributed by atoms with Crippen molar-refractivity contribution in [2.24, 2.45) is 0 Å². The van der Waals surface area contributed by atoms with Gasteiger partial charge in [0.05, 0.1) is 0 Å². The number of carbonyl (C=O) groups is 1. The highest BCUT2D eigenvalue weighted by Crippen LogP contribution is 2.16. The third-order valence-corrected chi connectivity index (χ3v) is 2.47. The summed E-state index contributed by atoms with van der Waals surface area (Å²) in [5, 5.41) is 2.61. The van der Waals surface area contributed by atoms with E-state index in [9.17, 15) is 13.6 Å². The minimum atomic E-state index is -2.51. The summed E-state index contributed by atoms with van der Waals surface area (Å²) in [7, 11) is 0. The monoisotopic (exact) mass is 205 g/mol. The van der Waals surface area contributed by atoms with Gasteiger partial charge in [-0.1, -0.05) is 19.3 Å². The smallest absolute Gasteiger partial charge is 0.325 e. The Hall–Kier alpha value is -0.620. The topological polar surface area (TPSA) is 81.3 Å². The summed E-state index contributed by atoms with van der Waals surface area (Å²) in [5.74, 6) is 0. The van der Waals surface area contributed by atoms with Crippen molar-refractivity contribution in [3.05, 3.63) is 0 Å². The van der Waals surface area contributed by atoms with E-state index in [1.54, 1.807) is 4.72 Å². The molecule has 0 bridgehead atoms. The number of rotatable bonds is 2. The molecule has 1 aliphatic carbocycles. The third-order valence-electron chi connectivity index (χ3n) is 2.12. The third kappa shape index (κ3) is 4.23. The number of carbonyl (C=O) groups excluding carboxylic acids is 1. The van der Waals surface area contributed by atoms with Gasteiger partial charge in [0, 0.05) is 17.3 Å². The van der Waals surface area contributed by atoms with Crippen LogP contribution in [0.2, 0.25) is 0 Å². The molecule has 13 heavy (non-hydrogen) atoms. The van der Waals surface area contributed by atoms with Crippen LogP contribution in [-0.4, -0.2) is 20.8 Å². The van der Waals surface area contributed by atoms with Gasteiger partial charge in [0.15, 0.2) is 0 Å². The van der Waals surface area contributed by atoms with Crippen LogP contribution in [0.4, 0.5) is 4.79 Å². The fourth-order valence-electron chi connectivity index (χ4n) is 1.54. The molecule has 0 aromatic heterocycles. The van der Waals surface area contributed by atoms with Crippen LogP contribution in [0.25, 0.3) is 0 Å². The van der Waals surface area contributed by atoms with Gasteiger partial charge in [0.1, 0.15) is 0 Å². The standard InChI is InChI=1S/C7H14N2O3S/c10-7(9-13(11)12)8-6-4-2-1-3-5-6/h6H,1-5H2,(H,11,12)(H2,8,9,10)/p-1. The average Bonchev–Trinajstić information content (AvgIpc) is 2.04. The Kier molecular flexibility index (Phi) is 4.17. The quantitative estimate of drug-likeness (QED) is 0.641. The van der Waals surface area contributed by atoms with Crippen molar-refractivity contribution in [1.82, 2.24) is 10.0 Å². The van der Waals surface area contributed by atoms with E-state index >= 15 is 0 Å². The van der Waals surface area contributed by atoms with Crippen molar-refractivity contribution >= 4 is 17.3 Å². The maximum atomic E-state index is 10.9. The minimum Gasteiger partial charge on any atom is -0.755 e. The van der Waals surface area contributed by atoms with Gasteiger partial charge < -0.3 is 9.87 Å². The highest BCUT2D eigenvalue weighted by molar-refractivity contribution is 7.77. The molecule has 2 amide bonds. The summed E-state index contributed by atoms with van der Waals surface area (Å²) >= 11 is -2.51. The van der Waals surface area contributed by atoms with Gasteiger partial charge in [-0.05, 0) is 12.8 Å². The average molecular weight is 205 g/mol. The number of nitrogens with one attached hydrogen (secondary N) is 2. The molecule has 0 radical (unpaired) electrons. The van der Waals surface area contributed by atoms with Crippen LogP contribution in [0.3, 0.4) is 0 Å². The van der Waals surface area contributed by atoms with E-state index in [4.69, 9.17) is 0 Å².